The van der Waals surface area contributed by atoms with Crippen LogP contribution >= 0.6 is 11.6 Å². The largest absolute Gasteiger partial charge is 0.349 e. The van der Waals surface area contributed by atoms with Crippen molar-refractivity contribution in [1.29, 1.82) is 0 Å². The number of benzene rings is 1. The highest BCUT2D eigenvalue weighted by Crippen LogP contribution is 2.21. The fourth-order valence-electron chi connectivity index (χ4n) is 2.92. The van der Waals surface area contributed by atoms with Crippen molar-refractivity contribution in [2.45, 2.75) is 45.1 Å². The molecule has 1 fully saturated rings. The summed E-state index contributed by atoms with van der Waals surface area (Å²) in [6, 6.07) is 7.80. The van der Waals surface area contributed by atoms with Crippen LogP contribution in [0.25, 0.3) is 0 Å². The molecular weight excluding hydrogens is 284 g/mol. The first kappa shape index (κ1) is 16.3. The second-order valence-corrected chi connectivity index (χ2v) is 6.25. The topological polar surface area (TPSA) is 41.1 Å². The molecule has 0 radical (unpaired) electrons. The van der Waals surface area contributed by atoms with E-state index in [9.17, 15) is 4.79 Å². The molecule has 1 heterocycles. The van der Waals surface area contributed by atoms with Gasteiger partial charge in [0, 0.05) is 11.4 Å². The maximum Gasteiger partial charge on any atom is 0.220 e. The first-order chi connectivity index (χ1) is 10.2. The summed E-state index contributed by atoms with van der Waals surface area (Å²) < 4.78 is 0. The first-order valence-corrected chi connectivity index (χ1v) is 8.32. The van der Waals surface area contributed by atoms with Crippen LogP contribution in [0.4, 0.5) is 0 Å². The van der Waals surface area contributed by atoms with E-state index in [1.807, 2.05) is 24.3 Å². The first-order valence-electron chi connectivity index (χ1n) is 7.94. The summed E-state index contributed by atoms with van der Waals surface area (Å²) >= 11 is 6.03. The van der Waals surface area contributed by atoms with Crippen molar-refractivity contribution in [3.63, 3.8) is 0 Å². The van der Waals surface area contributed by atoms with Crippen molar-refractivity contribution in [3.8, 4) is 0 Å². The van der Waals surface area contributed by atoms with E-state index in [4.69, 9.17) is 11.6 Å². The third-order valence-corrected chi connectivity index (χ3v) is 4.47. The molecule has 1 unspecified atom stereocenters. The molecule has 3 nitrogen and oxygen atoms in total. The maximum atomic E-state index is 12.2. The molecule has 0 bridgehead atoms. The van der Waals surface area contributed by atoms with Gasteiger partial charge in [0.05, 0.1) is 6.04 Å². The monoisotopic (exact) mass is 308 g/mol. The lowest BCUT2D eigenvalue weighted by atomic mass is 9.93. The van der Waals surface area contributed by atoms with Gasteiger partial charge in [-0.15, -0.1) is 0 Å². The second-order valence-electron chi connectivity index (χ2n) is 5.82. The molecule has 0 aliphatic carbocycles. The second kappa shape index (κ2) is 8.40. The van der Waals surface area contributed by atoms with Gasteiger partial charge in [-0.1, -0.05) is 30.7 Å². The Bertz CT molecular complexity index is 458. The summed E-state index contributed by atoms with van der Waals surface area (Å²) in [6.45, 7) is 4.26. The van der Waals surface area contributed by atoms with Crippen LogP contribution in [0.1, 0.15) is 50.6 Å². The van der Waals surface area contributed by atoms with Crippen molar-refractivity contribution in [3.05, 3.63) is 34.9 Å². The molecule has 1 aromatic carbocycles. The minimum absolute atomic E-state index is 0.0595. The zero-order valence-corrected chi connectivity index (χ0v) is 13.5. The van der Waals surface area contributed by atoms with Crippen LogP contribution in [-0.4, -0.2) is 19.0 Å². The van der Waals surface area contributed by atoms with E-state index in [1.54, 1.807) is 0 Å². The third-order valence-electron chi connectivity index (χ3n) is 4.23. The van der Waals surface area contributed by atoms with Crippen molar-refractivity contribution >= 4 is 17.5 Å². The van der Waals surface area contributed by atoms with E-state index >= 15 is 0 Å². The minimum atomic E-state index is 0.0595. The minimum Gasteiger partial charge on any atom is -0.349 e. The molecule has 0 aromatic heterocycles. The van der Waals surface area contributed by atoms with Gasteiger partial charge in [-0.2, -0.15) is 0 Å². The Labute approximate surface area is 132 Å². The molecule has 1 aliphatic rings. The highest BCUT2D eigenvalue weighted by atomic mass is 35.5. The van der Waals surface area contributed by atoms with Gasteiger partial charge in [0.15, 0.2) is 0 Å². The third kappa shape index (κ3) is 5.33. The summed E-state index contributed by atoms with van der Waals surface area (Å²) in [6.07, 6.45) is 4.89. The number of amides is 1. The van der Waals surface area contributed by atoms with E-state index in [1.165, 1.54) is 12.8 Å². The number of piperidine rings is 1. The fourth-order valence-corrected chi connectivity index (χ4v) is 3.12. The molecule has 1 aromatic rings. The smallest absolute Gasteiger partial charge is 0.220 e. The predicted octanol–water partition coefficient (Wildman–Crippen LogP) is 3.69. The molecule has 116 valence electrons. The van der Waals surface area contributed by atoms with Gasteiger partial charge in [-0.25, -0.2) is 0 Å². The molecule has 4 heteroatoms. The maximum absolute atomic E-state index is 12.2. The average Bonchev–Trinajstić information content (AvgIpc) is 2.51. The van der Waals surface area contributed by atoms with E-state index in [0.717, 1.165) is 36.5 Å². The van der Waals surface area contributed by atoms with Crippen LogP contribution in [0.2, 0.25) is 5.02 Å². The summed E-state index contributed by atoms with van der Waals surface area (Å²) in [5, 5.41) is 7.21. The summed E-state index contributed by atoms with van der Waals surface area (Å²) in [5.74, 6) is 0.851. The molecule has 1 amide bonds. The van der Waals surface area contributed by atoms with Gasteiger partial charge in [-0.3, -0.25) is 4.79 Å². The summed E-state index contributed by atoms with van der Waals surface area (Å²) in [4.78, 5) is 12.2. The lowest BCUT2D eigenvalue weighted by molar-refractivity contribution is -0.122. The normalized spacial score (nSPS) is 17.4. The molecular formula is C17H25ClN2O. The molecule has 0 saturated carbocycles. The number of nitrogens with one attached hydrogen (secondary N) is 2. The number of hydrogen-bond donors (Lipinski definition) is 2. The van der Waals surface area contributed by atoms with Gasteiger partial charge in [-0.05, 0) is 62.4 Å². The molecule has 2 N–H and O–H groups in total. The Morgan fingerprint density at radius 3 is 2.86 bits per heavy atom. The van der Waals surface area contributed by atoms with Gasteiger partial charge >= 0.3 is 0 Å². The Morgan fingerprint density at radius 2 is 2.19 bits per heavy atom. The van der Waals surface area contributed by atoms with Gasteiger partial charge in [0.2, 0.25) is 5.91 Å². The van der Waals surface area contributed by atoms with Crippen molar-refractivity contribution in [1.82, 2.24) is 10.6 Å². The predicted molar refractivity (Wildman–Crippen MR) is 87.5 cm³/mol. The van der Waals surface area contributed by atoms with Crippen LogP contribution in [0.5, 0.6) is 0 Å². The SMILES string of the molecule is CCC(NC(=O)CCC1CCNCC1)c1cccc(Cl)c1. The Balaban J connectivity index is 1.82. The fraction of sp³-hybridized carbons (Fsp3) is 0.588. The lowest BCUT2D eigenvalue weighted by Crippen LogP contribution is -2.31. The number of hydrogen-bond acceptors (Lipinski definition) is 2. The van der Waals surface area contributed by atoms with Gasteiger partial charge < -0.3 is 10.6 Å². The standard InChI is InChI=1S/C17H25ClN2O/c1-2-16(14-4-3-5-15(18)12-14)20-17(21)7-6-13-8-10-19-11-9-13/h3-5,12-13,16,19H,2,6-11H2,1H3,(H,20,21). The lowest BCUT2D eigenvalue weighted by Gasteiger charge is -2.23. The molecule has 2 rings (SSSR count). The number of carbonyl (C=O) groups is 1. The molecule has 1 atom stereocenters. The van der Waals surface area contributed by atoms with E-state index in [2.05, 4.69) is 17.6 Å². The number of rotatable bonds is 6. The molecule has 0 spiro atoms. The van der Waals surface area contributed by atoms with Crippen molar-refractivity contribution in [2.24, 2.45) is 5.92 Å². The zero-order chi connectivity index (χ0) is 15.1. The van der Waals surface area contributed by atoms with Crippen LogP contribution < -0.4 is 10.6 Å². The summed E-state index contributed by atoms with van der Waals surface area (Å²) in [5.41, 5.74) is 1.08. The molecule has 1 saturated heterocycles. The van der Waals surface area contributed by atoms with E-state index in [-0.39, 0.29) is 11.9 Å². The zero-order valence-electron chi connectivity index (χ0n) is 12.7. The Morgan fingerprint density at radius 1 is 1.43 bits per heavy atom. The molecule has 21 heavy (non-hydrogen) atoms. The van der Waals surface area contributed by atoms with Gasteiger partial charge in [0.1, 0.15) is 0 Å². The van der Waals surface area contributed by atoms with Crippen LogP contribution in [0.15, 0.2) is 24.3 Å². The average molecular weight is 309 g/mol. The molecule has 1 aliphatic heterocycles. The number of carbonyl (C=O) groups excluding carboxylic acids is 1. The highest BCUT2D eigenvalue weighted by Gasteiger charge is 2.17. The van der Waals surface area contributed by atoms with E-state index in [0.29, 0.717) is 12.3 Å². The Kier molecular flexibility index (Phi) is 6.52. The van der Waals surface area contributed by atoms with Crippen LogP contribution in [-0.2, 0) is 4.79 Å². The van der Waals surface area contributed by atoms with Crippen LogP contribution in [0.3, 0.4) is 0 Å². The summed E-state index contributed by atoms with van der Waals surface area (Å²) in [7, 11) is 0. The number of halogens is 1. The van der Waals surface area contributed by atoms with Crippen molar-refractivity contribution < 1.29 is 4.79 Å². The van der Waals surface area contributed by atoms with Crippen molar-refractivity contribution in [2.75, 3.05) is 13.1 Å². The Hall–Kier alpha value is -1.06. The van der Waals surface area contributed by atoms with Crippen LogP contribution in [0, 0.1) is 5.92 Å². The van der Waals surface area contributed by atoms with Gasteiger partial charge in [0.25, 0.3) is 0 Å². The quantitative estimate of drug-likeness (QED) is 0.841. The highest BCUT2D eigenvalue weighted by molar-refractivity contribution is 6.30. The van der Waals surface area contributed by atoms with E-state index < -0.39 is 0 Å².